The molecule has 2 unspecified atom stereocenters. The Bertz CT molecular complexity index is 374. The van der Waals surface area contributed by atoms with Gasteiger partial charge in [0.2, 0.25) is 0 Å². The van der Waals surface area contributed by atoms with Crippen LogP contribution in [0.2, 0.25) is 0 Å². The number of aliphatic hydroxyl groups excluding tert-OH is 1. The molecule has 2 N–H and O–H groups in total. The van der Waals surface area contributed by atoms with E-state index in [0.717, 1.165) is 25.1 Å². The second-order valence-corrected chi connectivity index (χ2v) is 5.14. The summed E-state index contributed by atoms with van der Waals surface area (Å²) in [5, 5.41) is 19.4. The third kappa shape index (κ3) is 2.96. The van der Waals surface area contributed by atoms with Crippen LogP contribution in [0, 0.1) is 0 Å². The Balaban J connectivity index is 2.12. The van der Waals surface area contributed by atoms with Gasteiger partial charge in [-0.3, -0.25) is 4.98 Å². The highest BCUT2D eigenvalue weighted by molar-refractivity contribution is 5.45. The van der Waals surface area contributed by atoms with Gasteiger partial charge in [0.25, 0.3) is 0 Å². The first-order valence-corrected chi connectivity index (χ1v) is 6.09. The summed E-state index contributed by atoms with van der Waals surface area (Å²) in [6.07, 6.45) is 3.07. The van der Waals surface area contributed by atoms with E-state index in [1.165, 1.54) is 0 Å². The molecular formula is C13H20N2O2. The van der Waals surface area contributed by atoms with Gasteiger partial charge in [-0.2, -0.15) is 0 Å². The van der Waals surface area contributed by atoms with Crippen molar-refractivity contribution < 1.29 is 10.2 Å². The van der Waals surface area contributed by atoms with Gasteiger partial charge in [-0.1, -0.05) is 0 Å². The van der Waals surface area contributed by atoms with Crippen molar-refractivity contribution in [3.63, 3.8) is 0 Å². The molecule has 4 heteroatoms. The van der Waals surface area contributed by atoms with E-state index in [2.05, 4.69) is 9.88 Å². The summed E-state index contributed by atoms with van der Waals surface area (Å²) in [5.41, 5.74) is 1.08. The van der Waals surface area contributed by atoms with Crippen molar-refractivity contribution in [3.05, 3.63) is 24.0 Å². The highest BCUT2D eigenvalue weighted by Crippen LogP contribution is 2.25. The van der Waals surface area contributed by atoms with Crippen molar-refractivity contribution in [2.75, 3.05) is 18.0 Å². The van der Waals surface area contributed by atoms with Crippen molar-refractivity contribution in [1.29, 1.82) is 0 Å². The van der Waals surface area contributed by atoms with Crippen LogP contribution in [0.25, 0.3) is 0 Å². The van der Waals surface area contributed by atoms with E-state index in [1.807, 2.05) is 19.1 Å². The zero-order valence-corrected chi connectivity index (χ0v) is 10.4. The van der Waals surface area contributed by atoms with Gasteiger partial charge >= 0.3 is 0 Å². The zero-order valence-electron chi connectivity index (χ0n) is 10.4. The first-order chi connectivity index (χ1) is 7.98. The molecule has 1 fully saturated rings. The normalized spacial score (nSPS) is 26.9. The largest absolute Gasteiger partial charge is 0.388 e. The van der Waals surface area contributed by atoms with E-state index < -0.39 is 11.7 Å². The standard InChI is InChI=1S/C13H20N2O2/c1-10(16)12-5-4-11(8-14-12)15-7-3-6-13(2,17)9-15/h4-5,8,10,16-17H,3,6-7,9H2,1-2H3. The number of aliphatic hydroxyl groups is 2. The molecule has 17 heavy (non-hydrogen) atoms. The second-order valence-electron chi connectivity index (χ2n) is 5.14. The number of aromatic nitrogens is 1. The lowest BCUT2D eigenvalue weighted by Crippen LogP contribution is -2.46. The number of anilines is 1. The Labute approximate surface area is 102 Å². The number of nitrogens with zero attached hydrogens (tertiary/aromatic N) is 2. The highest BCUT2D eigenvalue weighted by atomic mass is 16.3. The van der Waals surface area contributed by atoms with Gasteiger partial charge in [-0.15, -0.1) is 0 Å². The van der Waals surface area contributed by atoms with Crippen LogP contribution >= 0.6 is 0 Å². The van der Waals surface area contributed by atoms with Gasteiger partial charge in [-0.05, 0) is 38.8 Å². The average Bonchev–Trinajstić information content (AvgIpc) is 2.28. The van der Waals surface area contributed by atoms with Crippen LogP contribution in [0.1, 0.15) is 38.5 Å². The minimum atomic E-state index is -0.610. The molecule has 1 saturated heterocycles. The Morgan fingerprint density at radius 2 is 2.24 bits per heavy atom. The molecule has 4 nitrogen and oxygen atoms in total. The van der Waals surface area contributed by atoms with Gasteiger partial charge in [0.05, 0.1) is 29.3 Å². The van der Waals surface area contributed by atoms with Crippen LogP contribution < -0.4 is 4.90 Å². The molecule has 2 heterocycles. The molecule has 0 radical (unpaired) electrons. The van der Waals surface area contributed by atoms with Crippen LogP contribution in [-0.2, 0) is 0 Å². The van der Waals surface area contributed by atoms with E-state index in [9.17, 15) is 10.2 Å². The first kappa shape index (κ1) is 12.3. The fraction of sp³-hybridized carbons (Fsp3) is 0.615. The predicted octanol–water partition coefficient (Wildman–Crippen LogP) is 1.49. The Hall–Kier alpha value is -1.13. The van der Waals surface area contributed by atoms with Crippen LogP contribution in [0.15, 0.2) is 18.3 Å². The topological polar surface area (TPSA) is 56.6 Å². The molecule has 1 aromatic heterocycles. The zero-order chi connectivity index (χ0) is 12.5. The molecule has 1 aliphatic heterocycles. The van der Waals surface area contributed by atoms with Gasteiger partial charge < -0.3 is 15.1 Å². The summed E-state index contributed by atoms with van der Waals surface area (Å²) in [5.74, 6) is 0. The summed E-state index contributed by atoms with van der Waals surface area (Å²) in [7, 11) is 0. The van der Waals surface area contributed by atoms with E-state index in [1.54, 1.807) is 13.1 Å². The molecule has 1 aliphatic rings. The quantitative estimate of drug-likeness (QED) is 0.816. The number of rotatable bonds is 2. The summed E-state index contributed by atoms with van der Waals surface area (Å²) in [4.78, 5) is 6.37. The van der Waals surface area contributed by atoms with Gasteiger partial charge in [0.15, 0.2) is 0 Å². The van der Waals surface area contributed by atoms with E-state index in [4.69, 9.17) is 0 Å². The van der Waals surface area contributed by atoms with Crippen LogP contribution in [-0.4, -0.2) is 33.9 Å². The van der Waals surface area contributed by atoms with Crippen molar-refractivity contribution in [2.45, 2.75) is 38.4 Å². The minimum Gasteiger partial charge on any atom is -0.388 e. The number of hydrogen-bond donors (Lipinski definition) is 2. The Morgan fingerprint density at radius 1 is 1.47 bits per heavy atom. The molecule has 1 aromatic rings. The maximum absolute atomic E-state index is 10.0. The molecule has 0 aromatic carbocycles. The lowest BCUT2D eigenvalue weighted by Gasteiger charge is -2.38. The Kier molecular flexibility index (Phi) is 3.35. The smallest absolute Gasteiger partial charge is 0.0931 e. The number of hydrogen-bond acceptors (Lipinski definition) is 4. The molecule has 0 amide bonds. The number of β-amino-alcohol motifs (C(OH)–C–C–N with tert-alkyl or cyclic N) is 1. The number of piperidine rings is 1. The maximum Gasteiger partial charge on any atom is 0.0931 e. The highest BCUT2D eigenvalue weighted by Gasteiger charge is 2.28. The summed E-state index contributed by atoms with van der Waals surface area (Å²) in [6.45, 7) is 5.17. The van der Waals surface area contributed by atoms with Gasteiger partial charge in [0, 0.05) is 13.1 Å². The molecule has 0 aliphatic carbocycles. The van der Waals surface area contributed by atoms with Crippen LogP contribution in [0.4, 0.5) is 5.69 Å². The fourth-order valence-electron chi connectivity index (χ4n) is 2.27. The third-order valence-electron chi connectivity index (χ3n) is 3.24. The van der Waals surface area contributed by atoms with Gasteiger partial charge in [-0.25, -0.2) is 0 Å². The third-order valence-corrected chi connectivity index (χ3v) is 3.24. The van der Waals surface area contributed by atoms with E-state index >= 15 is 0 Å². The Morgan fingerprint density at radius 3 is 2.76 bits per heavy atom. The molecule has 2 rings (SSSR count). The maximum atomic E-state index is 10.0. The number of pyridine rings is 1. The lowest BCUT2D eigenvalue weighted by atomic mass is 9.95. The predicted molar refractivity (Wildman–Crippen MR) is 66.9 cm³/mol. The van der Waals surface area contributed by atoms with Crippen molar-refractivity contribution in [1.82, 2.24) is 4.98 Å². The van der Waals surface area contributed by atoms with Crippen molar-refractivity contribution in [3.8, 4) is 0 Å². The van der Waals surface area contributed by atoms with E-state index in [-0.39, 0.29) is 0 Å². The molecule has 2 atom stereocenters. The monoisotopic (exact) mass is 236 g/mol. The SMILES string of the molecule is CC(O)c1ccc(N2CCCC(C)(O)C2)cn1. The second kappa shape index (κ2) is 4.63. The van der Waals surface area contributed by atoms with Crippen molar-refractivity contribution >= 4 is 5.69 Å². The lowest BCUT2D eigenvalue weighted by molar-refractivity contribution is 0.0449. The minimum absolute atomic E-state index is 0.534. The summed E-state index contributed by atoms with van der Waals surface area (Å²) >= 11 is 0. The summed E-state index contributed by atoms with van der Waals surface area (Å²) in [6, 6.07) is 3.79. The average molecular weight is 236 g/mol. The van der Waals surface area contributed by atoms with Gasteiger partial charge in [0.1, 0.15) is 0 Å². The first-order valence-electron chi connectivity index (χ1n) is 6.09. The van der Waals surface area contributed by atoms with Crippen LogP contribution in [0.5, 0.6) is 0 Å². The molecular weight excluding hydrogens is 216 g/mol. The fourth-order valence-corrected chi connectivity index (χ4v) is 2.27. The van der Waals surface area contributed by atoms with Crippen molar-refractivity contribution in [2.24, 2.45) is 0 Å². The molecule has 94 valence electrons. The molecule has 0 spiro atoms. The molecule has 0 bridgehead atoms. The summed E-state index contributed by atoms with van der Waals surface area (Å²) < 4.78 is 0. The molecule has 0 saturated carbocycles. The van der Waals surface area contributed by atoms with E-state index in [0.29, 0.717) is 12.2 Å². The van der Waals surface area contributed by atoms with Crippen LogP contribution in [0.3, 0.4) is 0 Å².